The lowest BCUT2D eigenvalue weighted by Crippen LogP contribution is -2.36. The van der Waals surface area contributed by atoms with Crippen LogP contribution < -0.4 is 4.90 Å². The van der Waals surface area contributed by atoms with Crippen LogP contribution in [0.4, 0.5) is 5.69 Å². The van der Waals surface area contributed by atoms with Gasteiger partial charge in [0, 0.05) is 25.9 Å². The number of para-hydroxylation sites is 1. The summed E-state index contributed by atoms with van der Waals surface area (Å²) in [5.41, 5.74) is 1.60. The van der Waals surface area contributed by atoms with Gasteiger partial charge in [-0.25, -0.2) is 0 Å². The highest BCUT2D eigenvalue weighted by Gasteiger charge is 2.24. The molecule has 0 bridgehead atoms. The van der Waals surface area contributed by atoms with E-state index in [2.05, 4.69) is 11.0 Å². The van der Waals surface area contributed by atoms with Gasteiger partial charge in [-0.05, 0) is 25.0 Å². The zero-order chi connectivity index (χ0) is 12.3. The van der Waals surface area contributed by atoms with Crippen molar-refractivity contribution in [3.63, 3.8) is 0 Å². The Labute approximate surface area is 102 Å². The van der Waals surface area contributed by atoms with Gasteiger partial charge in [-0.3, -0.25) is 4.79 Å². The summed E-state index contributed by atoms with van der Waals surface area (Å²) in [6.07, 6.45) is 3.31. The predicted octanol–water partition coefficient (Wildman–Crippen LogP) is 2.51. The minimum Gasteiger partial charge on any atom is -0.370 e. The third kappa shape index (κ3) is 2.47. The van der Waals surface area contributed by atoms with Crippen LogP contribution in [0.2, 0.25) is 0 Å². The third-order valence-corrected chi connectivity index (χ3v) is 3.41. The molecule has 0 radical (unpaired) electrons. The number of Topliss-reactive ketones (excluding diaryl/α,β-unsaturated/α-hetero) is 1. The zero-order valence-corrected chi connectivity index (χ0v) is 10.0. The van der Waals surface area contributed by atoms with Crippen molar-refractivity contribution in [3.8, 4) is 6.07 Å². The van der Waals surface area contributed by atoms with E-state index in [1.54, 1.807) is 0 Å². The predicted molar refractivity (Wildman–Crippen MR) is 66.8 cm³/mol. The molecule has 3 nitrogen and oxygen atoms in total. The summed E-state index contributed by atoms with van der Waals surface area (Å²) in [6.45, 7) is 0. The molecule has 17 heavy (non-hydrogen) atoms. The van der Waals surface area contributed by atoms with Gasteiger partial charge in [0.15, 0.2) is 0 Å². The number of rotatable bonds is 2. The Kier molecular flexibility index (Phi) is 3.43. The minimum atomic E-state index is 0.241. The van der Waals surface area contributed by atoms with Gasteiger partial charge in [-0.1, -0.05) is 12.1 Å². The number of hydrogen-bond acceptors (Lipinski definition) is 3. The average molecular weight is 228 g/mol. The van der Waals surface area contributed by atoms with E-state index in [4.69, 9.17) is 5.26 Å². The first-order valence-corrected chi connectivity index (χ1v) is 5.96. The Hall–Kier alpha value is -1.82. The van der Waals surface area contributed by atoms with Crippen molar-refractivity contribution in [1.82, 2.24) is 0 Å². The number of carbonyl (C=O) groups is 1. The molecule has 0 amide bonds. The first-order chi connectivity index (χ1) is 8.22. The number of benzene rings is 1. The van der Waals surface area contributed by atoms with E-state index in [1.807, 2.05) is 31.3 Å². The van der Waals surface area contributed by atoms with Crippen LogP contribution in [0.5, 0.6) is 0 Å². The highest BCUT2D eigenvalue weighted by atomic mass is 16.1. The number of hydrogen-bond donors (Lipinski definition) is 0. The van der Waals surface area contributed by atoms with Crippen molar-refractivity contribution in [3.05, 3.63) is 29.8 Å². The monoisotopic (exact) mass is 228 g/mol. The summed E-state index contributed by atoms with van der Waals surface area (Å²) in [5, 5.41) is 9.07. The molecule has 0 spiro atoms. The van der Waals surface area contributed by atoms with Gasteiger partial charge in [-0.15, -0.1) is 0 Å². The number of anilines is 1. The van der Waals surface area contributed by atoms with Crippen LogP contribution in [0.3, 0.4) is 0 Å². The molecule has 1 aromatic carbocycles. The van der Waals surface area contributed by atoms with Crippen LogP contribution in [0, 0.1) is 11.3 Å². The fourth-order valence-corrected chi connectivity index (χ4v) is 2.40. The van der Waals surface area contributed by atoms with Gasteiger partial charge in [0.25, 0.3) is 0 Å². The Morgan fingerprint density at radius 1 is 1.41 bits per heavy atom. The van der Waals surface area contributed by atoms with E-state index >= 15 is 0 Å². The smallest absolute Gasteiger partial charge is 0.134 e. The molecule has 1 aliphatic rings. The summed E-state index contributed by atoms with van der Waals surface area (Å²) in [6, 6.07) is 9.99. The second-order valence-electron chi connectivity index (χ2n) is 4.53. The van der Waals surface area contributed by atoms with Crippen LogP contribution in [0.25, 0.3) is 0 Å². The maximum Gasteiger partial charge on any atom is 0.134 e. The zero-order valence-electron chi connectivity index (χ0n) is 10.0. The van der Waals surface area contributed by atoms with Gasteiger partial charge in [0.1, 0.15) is 11.9 Å². The molecular weight excluding hydrogens is 212 g/mol. The highest BCUT2D eigenvalue weighted by Crippen LogP contribution is 2.26. The van der Waals surface area contributed by atoms with Crippen LogP contribution in [-0.4, -0.2) is 18.9 Å². The normalized spacial score (nSPS) is 19.8. The van der Waals surface area contributed by atoms with Crippen LogP contribution in [0.1, 0.15) is 31.2 Å². The van der Waals surface area contributed by atoms with E-state index < -0.39 is 0 Å². The molecule has 3 heteroatoms. The van der Waals surface area contributed by atoms with Gasteiger partial charge in [-0.2, -0.15) is 5.26 Å². The Bertz CT molecular complexity index is 462. The Balaban J connectivity index is 2.21. The second-order valence-corrected chi connectivity index (χ2v) is 4.53. The van der Waals surface area contributed by atoms with Crippen molar-refractivity contribution in [1.29, 1.82) is 5.26 Å². The van der Waals surface area contributed by atoms with E-state index in [-0.39, 0.29) is 6.04 Å². The second kappa shape index (κ2) is 5.01. The molecule has 1 fully saturated rings. The van der Waals surface area contributed by atoms with E-state index in [1.165, 1.54) is 0 Å². The Morgan fingerprint density at radius 2 is 2.18 bits per heavy atom. The molecule has 1 aliphatic carbocycles. The molecule has 1 saturated carbocycles. The van der Waals surface area contributed by atoms with Gasteiger partial charge >= 0.3 is 0 Å². The molecule has 0 saturated heterocycles. The first-order valence-electron chi connectivity index (χ1n) is 5.96. The Morgan fingerprint density at radius 3 is 2.88 bits per heavy atom. The first kappa shape index (κ1) is 11.7. The fraction of sp³-hybridized carbons (Fsp3) is 0.429. The topological polar surface area (TPSA) is 44.1 Å². The average Bonchev–Trinajstić information content (AvgIpc) is 2.38. The van der Waals surface area contributed by atoms with Crippen molar-refractivity contribution < 1.29 is 4.79 Å². The van der Waals surface area contributed by atoms with Gasteiger partial charge in [0.05, 0.1) is 11.3 Å². The SMILES string of the molecule is CN(c1ccccc1C#N)C1CCCC(=O)C1. The van der Waals surface area contributed by atoms with Crippen molar-refractivity contribution in [2.45, 2.75) is 31.7 Å². The molecule has 0 heterocycles. The summed E-state index contributed by atoms with van der Waals surface area (Å²) in [7, 11) is 1.97. The molecule has 1 aromatic rings. The molecule has 1 atom stereocenters. The van der Waals surface area contributed by atoms with Crippen molar-refractivity contribution in [2.24, 2.45) is 0 Å². The fourth-order valence-electron chi connectivity index (χ4n) is 2.40. The molecule has 0 aromatic heterocycles. The lowest BCUT2D eigenvalue weighted by molar-refractivity contribution is -0.120. The number of nitrogens with zero attached hydrogens (tertiary/aromatic N) is 2. The van der Waals surface area contributed by atoms with Crippen LogP contribution in [0.15, 0.2) is 24.3 Å². The number of carbonyl (C=O) groups excluding carboxylic acids is 1. The molecule has 1 unspecified atom stereocenters. The van der Waals surface area contributed by atoms with Crippen LogP contribution in [-0.2, 0) is 4.79 Å². The minimum absolute atomic E-state index is 0.241. The number of ketones is 1. The maximum absolute atomic E-state index is 11.5. The largest absolute Gasteiger partial charge is 0.370 e. The molecular formula is C14H16N2O. The van der Waals surface area contributed by atoms with E-state index in [0.29, 0.717) is 24.2 Å². The summed E-state index contributed by atoms with van der Waals surface area (Å²) < 4.78 is 0. The van der Waals surface area contributed by atoms with Crippen LogP contribution >= 0.6 is 0 Å². The van der Waals surface area contributed by atoms with Gasteiger partial charge in [0.2, 0.25) is 0 Å². The maximum atomic E-state index is 11.5. The van der Waals surface area contributed by atoms with E-state index in [0.717, 1.165) is 18.5 Å². The number of nitriles is 1. The van der Waals surface area contributed by atoms with Crippen molar-refractivity contribution >= 4 is 11.5 Å². The highest BCUT2D eigenvalue weighted by molar-refractivity contribution is 5.80. The summed E-state index contributed by atoms with van der Waals surface area (Å²) >= 11 is 0. The third-order valence-electron chi connectivity index (χ3n) is 3.41. The lowest BCUT2D eigenvalue weighted by Gasteiger charge is -2.32. The molecule has 88 valence electrons. The lowest BCUT2D eigenvalue weighted by atomic mass is 9.93. The van der Waals surface area contributed by atoms with E-state index in [9.17, 15) is 4.79 Å². The van der Waals surface area contributed by atoms with Gasteiger partial charge < -0.3 is 4.90 Å². The molecule has 2 rings (SSSR count). The summed E-state index contributed by atoms with van der Waals surface area (Å²) in [4.78, 5) is 13.6. The molecule has 0 aliphatic heterocycles. The molecule has 0 N–H and O–H groups in total. The quantitative estimate of drug-likeness (QED) is 0.781. The van der Waals surface area contributed by atoms with Crippen molar-refractivity contribution in [2.75, 3.05) is 11.9 Å². The summed E-state index contributed by atoms with van der Waals surface area (Å²) in [5.74, 6) is 0.336. The standard InChI is InChI=1S/C14H16N2O/c1-16(12-6-4-7-13(17)9-12)14-8-3-2-5-11(14)10-15/h2-3,5,8,12H,4,6-7,9H2,1H3.